The SMILES string of the molecule is CC1CSCCN1Cc1ccoc1CNC1CC1. The smallest absolute Gasteiger partial charge is 0.122 e. The highest BCUT2D eigenvalue weighted by Crippen LogP contribution is 2.23. The molecule has 1 atom stereocenters. The van der Waals surface area contributed by atoms with Gasteiger partial charge in [0.25, 0.3) is 0 Å². The molecular formula is C14H22N2OS. The van der Waals surface area contributed by atoms with Crippen LogP contribution in [0.1, 0.15) is 31.1 Å². The predicted octanol–water partition coefficient (Wildman–Crippen LogP) is 2.47. The first-order chi connectivity index (χ1) is 8.83. The average Bonchev–Trinajstić information content (AvgIpc) is 3.10. The summed E-state index contributed by atoms with van der Waals surface area (Å²) < 4.78 is 5.63. The first-order valence-corrected chi connectivity index (χ1v) is 8.09. The predicted molar refractivity (Wildman–Crippen MR) is 75.8 cm³/mol. The molecule has 1 aliphatic heterocycles. The topological polar surface area (TPSA) is 28.4 Å². The van der Waals surface area contributed by atoms with Gasteiger partial charge in [-0.1, -0.05) is 0 Å². The van der Waals surface area contributed by atoms with Crippen LogP contribution >= 0.6 is 11.8 Å². The fourth-order valence-corrected chi connectivity index (χ4v) is 3.48. The molecule has 100 valence electrons. The lowest BCUT2D eigenvalue weighted by molar-refractivity contribution is 0.222. The van der Waals surface area contributed by atoms with E-state index in [1.165, 1.54) is 36.5 Å². The minimum absolute atomic E-state index is 0.683. The van der Waals surface area contributed by atoms with Crippen LogP contribution in [-0.2, 0) is 13.1 Å². The van der Waals surface area contributed by atoms with Crippen LogP contribution in [0.4, 0.5) is 0 Å². The van der Waals surface area contributed by atoms with Crippen molar-refractivity contribution in [2.75, 3.05) is 18.1 Å². The van der Waals surface area contributed by atoms with E-state index < -0.39 is 0 Å². The molecule has 4 heteroatoms. The van der Waals surface area contributed by atoms with E-state index in [0.29, 0.717) is 6.04 Å². The maximum Gasteiger partial charge on any atom is 0.122 e. The van der Waals surface area contributed by atoms with Gasteiger partial charge in [-0.05, 0) is 25.8 Å². The Labute approximate surface area is 113 Å². The molecule has 2 aliphatic rings. The Hall–Kier alpha value is -0.450. The van der Waals surface area contributed by atoms with Crippen molar-refractivity contribution in [3.05, 3.63) is 23.7 Å². The summed E-state index contributed by atoms with van der Waals surface area (Å²) in [5.41, 5.74) is 1.36. The van der Waals surface area contributed by atoms with Crippen LogP contribution in [0.15, 0.2) is 16.7 Å². The number of hydrogen-bond donors (Lipinski definition) is 1. The highest BCUT2D eigenvalue weighted by molar-refractivity contribution is 7.99. The van der Waals surface area contributed by atoms with Gasteiger partial charge in [-0.3, -0.25) is 4.90 Å². The molecule has 1 saturated heterocycles. The fraction of sp³-hybridized carbons (Fsp3) is 0.714. The van der Waals surface area contributed by atoms with E-state index in [1.807, 2.05) is 6.26 Å². The van der Waals surface area contributed by atoms with Gasteiger partial charge in [0.1, 0.15) is 5.76 Å². The lowest BCUT2D eigenvalue weighted by Gasteiger charge is -2.32. The molecule has 1 N–H and O–H groups in total. The Morgan fingerprint density at radius 3 is 3.17 bits per heavy atom. The zero-order valence-corrected chi connectivity index (χ0v) is 11.8. The highest BCUT2D eigenvalue weighted by Gasteiger charge is 2.23. The molecule has 0 amide bonds. The summed E-state index contributed by atoms with van der Waals surface area (Å²) in [5.74, 6) is 3.65. The van der Waals surface area contributed by atoms with E-state index >= 15 is 0 Å². The third-order valence-electron chi connectivity index (χ3n) is 3.85. The number of nitrogens with one attached hydrogen (secondary N) is 1. The van der Waals surface area contributed by atoms with Crippen LogP contribution < -0.4 is 5.32 Å². The second kappa shape index (κ2) is 5.68. The van der Waals surface area contributed by atoms with Crippen molar-refractivity contribution >= 4 is 11.8 Å². The zero-order chi connectivity index (χ0) is 12.4. The van der Waals surface area contributed by atoms with Crippen molar-refractivity contribution in [3.8, 4) is 0 Å². The molecule has 0 bridgehead atoms. The molecule has 0 spiro atoms. The Bertz CT molecular complexity index is 389. The number of rotatable bonds is 5. The largest absolute Gasteiger partial charge is 0.468 e. The minimum Gasteiger partial charge on any atom is -0.468 e. The van der Waals surface area contributed by atoms with Crippen LogP contribution in [0.2, 0.25) is 0 Å². The van der Waals surface area contributed by atoms with E-state index in [9.17, 15) is 0 Å². The lowest BCUT2D eigenvalue weighted by atomic mass is 10.2. The first-order valence-electron chi connectivity index (χ1n) is 6.93. The van der Waals surface area contributed by atoms with Crippen molar-refractivity contribution in [2.24, 2.45) is 0 Å². The van der Waals surface area contributed by atoms with Gasteiger partial charge < -0.3 is 9.73 Å². The van der Waals surface area contributed by atoms with Gasteiger partial charge in [0, 0.05) is 42.2 Å². The van der Waals surface area contributed by atoms with Crippen molar-refractivity contribution in [1.82, 2.24) is 10.2 Å². The van der Waals surface area contributed by atoms with E-state index in [-0.39, 0.29) is 0 Å². The monoisotopic (exact) mass is 266 g/mol. The zero-order valence-electron chi connectivity index (χ0n) is 11.0. The van der Waals surface area contributed by atoms with Crippen LogP contribution in [-0.4, -0.2) is 35.0 Å². The molecule has 1 saturated carbocycles. The maximum atomic E-state index is 5.63. The highest BCUT2D eigenvalue weighted by atomic mass is 32.2. The Morgan fingerprint density at radius 2 is 2.39 bits per heavy atom. The summed E-state index contributed by atoms with van der Waals surface area (Å²) in [7, 11) is 0. The fourth-order valence-electron chi connectivity index (χ4n) is 2.40. The summed E-state index contributed by atoms with van der Waals surface area (Å²) in [4.78, 5) is 2.57. The van der Waals surface area contributed by atoms with Gasteiger partial charge in [0.2, 0.25) is 0 Å². The number of furan rings is 1. The summed E-state index contributed by atoms with van der Waals surface area (Å²) in [6.07, 6.45) is 4.50. The average molecular weight is 266 g/mol. The molecule has 0 radical (unpaired) electrons. The van der Waals surface area contributed by atoms with Gasteiger partial charge in [0.15, 0.2) is 0 Å². The normalized spacial score (nSPS) is 25.5. The summed E-state index contributed by atoms with van der Waals surface area (Å²) in [6.45, 7) is 5.46. The molecule has 3 rings (SSSR count). The first kappa shape index (κ1) is 12.6. The van der Waals surface area contributed by atoms with Gasteiger partial charge >= 0.3 is 0 Å². The second-order valence-corrected chi connectivity index (χ2v) is 6.57. The van der Waals surface area contributed by atoms with E-state index in [4.69, 9.17) is 4.42 Å². The van der Waals surface area contributed by atoms with Crippen molar-refractivity contribution in [1.29, 1.82) is 0 Å². The summed E-state index contributed by atoms with van der Waals surface area (Å²) in [5, 5.41) is 3.53. The van der Waals surface area contributed by atoms with Gasteiger partial charge in [-0.25, -0.2) is 0 Å². The molecule has 0 aromatic carbocycles. The van der Waals surface area contributed by atoms with Crippen molar-refractivity contribution in [3.63, 3.8) is 0 Å². The van der Waals surface area contributed by atoms with Crippen LogP contribution in [0, 0.1) is 0 Å². The van der Waals surface area contributed by atoms with Crippen molar-refractivity contribution in [2.45, 2.75) is 44.9 Å². The minimum atomic E-state index is 0.683. The van der Waals surface area contributed by atoms with E-state index in [0.717, 1.165) is 24.9 Å². The molecule has 3 nitrogen and oxygen atoms in total. The van der Waals surface area contributed by atoms with Gasteiger partial charge in [-0.15, -0.1) is 0 Å². The molecule has 2 heterocycles. The third-order valence-corrected chi connectivity index (χ3v) is 5.03. The number of hydrogen-bond acceptors (Lipinski definition) is 4. The molecule has 1 unspecified atom stereocenters. The number of nitrogens with zero attached hydrogens (tertiary/aromatic N) is 1. The van der Waals surface area contributed by atoms with Crippen LogP contribution in [0.5, 0.6) is 0 Å². The summed E-state index contributed by atoms with van der Waals surface area (Å²) in [6, 6.07) is 3.56. The molecule has 1 aromatic rings. The lowest BCUT2D eigenvalue weighted by Crippen LogP contribution is -2.39. The van der Waals surface area contributed by atoms with E-state index in [2.05, 4.69) is 35.0 Å². The summed E-state index contributed by atoms with van der Waals surface area (Å²) >= 11 is 2.07. The molecule has 1 aliphatic carbocycles. The Kier molecular flexibility index (Phi) is 3.97. The molecular weight excluding hydrogens is 244 g/mol. The molecule has 18 heavy (non-hydrogen) atoms. The standard InChI is InChI=1S/C14H22N2OS/c1-11-10-18-7-5-16(11)9-12-4-6-17-14(12)8-15-13-2-3-13/h4,6,11,13,15H,2-3,5,7-10H2,1H3. The molecule has 2 fully saturated rings. The Balaban J connectivity index is 1.58. The van der Waals surface area contributed by atoms with Crippen LogP contribution in [0.3, 0.4) is 0 Å². The van der Waals surface area contributed by atoms with Crippen LogP contribution in [0.25, 0.3) is 0 Å². The second-order valence-electron chi connectivity index (χ2n) is 5.42. The quantitative estimate of drug-likeness (QED) is 0.886. The van der Waals surface area contributed by atoms with Gasteiger partial charge in [-0.2, -0.15) is 11.8 Å². The number of thioether (sulfide) groups is 1. The Morgan fingerprint density at radius 1 is 1.50 bits per heavy atom. The van der Waals surface area contributed by atoms with Crippen molar-refractivity contribution < 1.29 is 4.42 Å². The molecule has 1 aromatic heterocycles. The van der Waals surface area contributed by atoms with Gasteiger partial charge in [0.05, 0.1) is 12.8 Å². The third kappa shape index (κ3) is 3.11. The maximum absolute atomic E-state index is 5.63. The van der Waals surface area contributed by atoms with E-state index in [1.54, 1.807) is 0 Å².